The summed E-state index contributed by atoms with van der Waals surface area (Å²) in [5.41, 5.74) is -0.641. The van der Waals surface area contributed by atoms with E-state index in [1.807, 2.05) is 0 Å². The van der Waals surface area contributed by atoms with Gasteiger partial charge in [-0.2, -0.15) is 0 Å². The third kappa shape index (κ3) is 5.64. The molecule has 0 spiro atoms. The van der Waals surface area contributed by atoms with Crippen molar-refractivity contribution in [3.8, 4) is 0 Å². The fourth-order valence-electron chi connectivity index (χ4n) is 11.4. The van der Waals surface area contributed by atoms with E-state index in [1.54, 1.807) is 13.0 Å². The molecular weight excluding hydrogens is 644 g/mol. The second-order valence-corrected chi connectivity index (χ2v) is 16.2. The number of hydrogen-bond acceptors (Lipinski definition) is 14. The number of aliphatic hydroxyl groups is 8. The van der Waals surface area contributed by atoms with Gasteiger partial charge in [-0.3, -0.25) is 0 Å². The Hall–Kier alpha value is -1.27. The summed E-state index contributed by atoms with van der Waals surface area (Å²) in [6.45, 7) is 3.47. The molecule has 14 heteroatoms. The fraction of sp³-hybridized carbons (Fsp3) is 0.914. The number of hydrogen-bond donors (Lipinski definition) is 8. The van der Waals surface area contributed by atoms with Crippen LogP contribution in [0.3, 0.4) is 0 Å². The van der Waals surface area contributed by atoms with Crippen LogP contribution in [-0.2, 0) is 28.5 Å². The van der Waals surface area contributed by atoms with Crippen molar-refractivity contribution in [1.82, 2.24) is 0 Å². The highest BCUT2D eigenvalue weighted by Gasteiger charge is 2.68. The molecular formula is C35H54O14. The Balaban J connectivity index is 0.995. The third-order valence-electron chi connectivity index (χ3n) is 14.2. The van der Waals surface area contributed by atoms with Crippen molar-refractivity contribution in [3.63, 3.8) is 0 Å². The molecule has 7 rings (SSSR count). The Morgan fingerprint density at radius 2 is 1.57 bits per heavy atom. The SMILES string of the molecule is C[C@@H]1O[C@H](O[C@@H]2CC[C@@]3(CO)[C@H](CC[C@H]4[C@@H]3CC[C@]3(C)[C@H](C5=CC(=O)OC5)CC[C@@]43O)C2)[C@H](O)[C@H](O)[C@H]1O[C@H]1O[C@@H](CO)[C@H](O)[C@@H](O)[C@@H]1O. The summed E-state index contributed by atoms with van der Waals surface area (Å²) >= 11 is 0. The summed E-state index contributed by atoms with van der Waals surface area (Å²) in [6, 6.07) is 0. The molecule has 3 heterocycles. The van der Waals surface area contributed by atoms with Crippen molar-refractivity contribution in [1.29, 1.82) is 0 Å². The van der Waals surface area contributed by atoms with Gasteiger partial charge in [0.05, 0.1) is 24.4 Å². The third-order valence-corrected chi connectivity index (χ3v) is 14.2. The van der Waals surface area contributed by atoms with Crippen LogP contribution in [0.4, 0.5) is 0 Å². The first kappa shape index (κ1) is 36.1. The average molecular weight is 699 g/mol. The monoisotopic (exact) mass is 698 g/mol. The second-order valence-electron chi connectivity index (χ2n) is 16.2. The molecule has 8 N–H and O–H groups in total. The van der Waals surface area contributed by atoms with Crippen LogP contribution in [0.2, 0.25) is 0 Å². The molecule has 0 radical (unpaired) electrons. The minimum Gasteiger partial charge on any atom is -0.458 e. The maximum Gasteiger partial charge on any atom is 0.331 e. The highest BCUT2D eigenvalue weighted by molar-refractivity contribution is 5.85. The van der Waals surface area contributed by atoms with Gasteiger partial charge in [0.1, 0.15) is 49.3 Å². The van der Waals surface area contributed by atoms with Gasteiger partial charge in [0.25, 0.3) is 0 Å². The Kier molecular flexibility index (Phi) is 9.80. The number of ether oxygens (including phenoxy) is 5. The molecule has 0 amide bonds. The molecule has 0 aromatic rings. The van der Waals surface area contributed by atoms with Crippen LogP contribution in [0.25, 0.3) is 0 Å². The van der Waals surface area contributed by atoms with Crippen LogP contribution in [0.5, 0.6) is 0 Å². The van der Waals surface area contributed by atoms with Crippen LogP contribution in [0.15, 0.2) is 11.6 Å². The van der Waals surface area contributed by atoms with Gasteiger partial charge >= 0.3 is 5.97 Å². The van der Waals surface area contributed by atoms with Gasteiger partial charge in [0, 0.05) is 18.1 Å². The summed E-state index contributed by atoms with van der Waals surface area (Å²) in [4.78, 5) is 11.9. The summed E-state index contributed by atoms with van der Waals surface area (Å²) in [5, 5.41) is 85.8. The Morgan fingerprint density at radius 1 is 0.837 bits per heavy atom. The van der Waals surface area contributed by atoms with E-state index in [4.69, 9.17) is 23.7 Å². The summed E-state index contributed by atoms with van der Waals surface area (Å²) < 4.78 is 28.7. The smallest absolute Gasteiger partial charge is 0.331 e. The number of aliphatic hydroxyl groups excluding tert-OH is 7. The molecule has 6 fully saturated rings. The maximum absolute atomic E-state index is 12.5. The van der Waals surface area contributed by atoms with Crippen LogP contribution in [0.1, 0.15) is 71.6 Å². The topological polar surface area (TPSA) is 225 Å². The van der Waals surface area contributed by atoms with Crippen LogP contribution < -0.4 is 0 Å². The van der Waals surface area contributed by atoms with Crippen molar-refractivity contribution in [2.24, 2.45) is 34.5 Å². The van der Waals surface area contributed by atoms with Gasteiger partial charge in [-0.25, -0.2) is 4.79 Å². The molecule has 49 heavy (non-hydrogen) atoms. The Morgan fingerprint density at radius 3 is 2.27 bits per heavy atom. The fourth-order valence-corrected chi connectivity index (χ4v) is 11.4. The molecule has 18 atom stereocenters. The summed E-state index contributed by atoms with van der Waals surface area (Å²) in [6.07, 6.45) is -5.76. The van der Waals surface area contributed by atoms with E-state index in [1.165, 1.54) is 0 Å². The summed E-state index contributed by atoms with van der Waals surface area (Å²) in [7, 11) is 0. The molecule has 0 bridgehead atoms. The zero-order chi connectivity index (χ0) is 35.0. The minimum absolute atomic E-state index is 0.0184. The Labute approximate surface area is 285 Å². The number of rotatable bonds is 7. The van der Waals surface area contributed by atoms with Gasteiger partial charge in [0.2, 0.25) is 0 Å². The number of carbonyl (C=O) groups is 1. The molecule has 14 nitrogen and oxygen atoms in total. The maximum atomic E-state index is 12.5. The van der Waals surface area contributed by atoms with E-state index in [-0.39, 0.29) is 53.2 Å². The first-order valence-corrected chi connectivity index (χ1v) is 18.1. The van der Waals surface area contributed by atoms with Crippen LogP contribution in [-0.4, -0.2) is 140 Å². The minimum atomic E-state index is -1.67. The molecule has 7 aliphatic rings. The largest absolute Gasteiger partial charge is 0.458 e. The van der Waals surface area contributed by atoms with E-state index >= 15 is 0 Å². The zero-order valence-electron chi connectivity index (χ0n) is 28.3. The van der Waals surface area contributed by atoms with Crippen molar-refractivity contribution in [2.45, 2.75) is 145 Å². The number of fused-ring (bicyclic) bond motifs is 5. The quantitative estimate of drug-likeness (QED) is 0.121. The molecule has 4 aliphatic carbocycles. The predicted molar refractivity (Wildman–Crippen MR) is 167 cm³/mol. The van der Waals surface area contributed by atoms with E-state index in [0.717, 1.165) is 37.7 Å². The van der Waals surface area contributed by atoms with Crippen molar-refractivity contribution >= 4 is 5.97 Å². The first-order chi connectivity index (χ1) is 23.3. The van der Waals surface area contributed by atoms with Crippen LogP contribution >= 0.6 is 0 Å². The zero-order valence-corrected chi connectivity index (χ0v) is 28.3. The molecule has 3 aliphatic heterocycles. The average Bonchev–Trinajstić information content (AvgIpc) is 3.64. The van der Waals surface area contributed by atoms with Gasteiger partial charge in [-0.05, 0) is 99.4 Å². The molecule has 278 valence electrons. The van der Waals surface area contributed by atoms with E-state index < -0.39 is 73.6 Å². The highest BCUT2D eigenvalue weighted by Crippen LogP contribution is 2.70. The normalized spacial score (nSPS) is 54.4. The standard InChI is InChI=1S/C35H54O14/c1-16-30(49-32-28(42)26(40)25(39)23(13-36)48-32)27(41)29(43)31(46-16)47-19-5-9-34(15-37)18(12-19)3-4-22-21(34)6-8-33(2)20(7-10-35(22,33)44)17-11-24(38)45-14-17/h11,16,18-23,25-32,36-37,39-44H,3-10,12-15H2,1-2H3/t16-,18+,19+,20-,21-,22-,23-,25-,26+,27-,28-,29+,30-,31+,32+,33+,34+,35+/m0/s1. The van der Waals surface area contributed by atoms with E-state index in [0.29, 0.717) is 32.3 Å². The highest BCUT2D eigenvalue weighted by atomic mass is 16.7. The molecule has 4 saturated carbocycles. The number of cyclic esters (lactones) is 1. The first-order valence-electron chi connectivity index (χ1n) is 18.1. The lowest BCUT2D eigenvalue weighted by Gasteiger charge is -2.64. The molecule has 2 saturated heterocycles. The predicted octanol–water partition coefficient (Wildman–Crippen LogP) is -0.747. The lowest BCUT2D eigenvalue weighted by Crippen LogP contribution is -2.64. The Bertz CT molecular complexity index is 1260. The lowest BCUT2D eigenvalue weighted by atomic mass is 9.43. The molecule has 0 unspecified atom stereocenters. The van der Waals surface area contributed by atoms with Gasteiger partial charge in [-0.15, -0.1) is 0 Å². The summed E-state index contributed by atoms with van der Waals surface area (Å²) in [5.74, 6) is 0.104. The van der Waals surface area contributed by atoms with Gasteiger partial charge < -0.3 is 64.5 Å². The second kappa shape index (κ2) is 13.3. The number of carbonyl (C=O) groups excluding carboxylic acids is 1. The van der Waals surface area contributed by atoms with Crippen LogP contribution in [0, 0.1) is 34.5 Å². The van der Waals surface area contributed by atoms with Crippen molar-refractivity contribution < 1.29 is 69.3 Å². The van der Waals surface area contributed by atoms with Crippen molar-refractivity contribution in [3.05, 3.63) is 11.6 Å². The molecule has 0 aromatic heterocycles. The molecule has 0 aromatic carbocycles. The number of esters is 1. The van der Waals surface area contributed by atoms with Gasteiger partial charge in [0.15, 0.2) is 12.6 Å². The lowest BCUT2D eigenvalue weighted by molar-refractivity contribution is -0.360. The van der Waals surface area contributed by atoms with E-state index in [9.17, 15) is 45.6 Å². The van der Waals surface area contributed by atoms with Crippen molar-refractivity contribution in [2.75, 3.05) is 19.8 Å². The van der Waals surface area contributed by atoms with Gasteiger partial charge in [-0.1, -0.05) is 6.92 Å². The van der Waals surface area contributed by atoms with E-state index in [2.05, 4.69) is 6.92 Å².